The lowest BCUT2D eigenvalue weighted by Gasteiger charge is -2.35. The number of nitrogens with zero attached hydrogens (tertiary/aromatic N) is 2. The quantitative estimate of drug-likeness (QED) is 0.929. The van der Waals surface area contributed by atoms with E-state index < -0.39 is 0 Å². The van der Waals surface area contributed by atoms with Gasteiger partial charge in [0.05, 0.1) is 17.8 Å². The zero-order valence-electron chi connectivity index (χ0n) is 13.4. The number of fused-ring (bicyclic) bond motifs is 1. The van der Waals surface area contributed by atoms with Crippen molar-refractivity contribution >= 4 is 17.4 Å². The Morgan fingerprint density at radius 3 is 3.09 bits per heavy atom. The fourth-order valence-electron chi connectivity index (χ4n) is 3.47. The highest BCUT2D eigenvalue weighted by Gasteiger charge is 2.29. The normalized spacial score (nSPS) is 24.9. The molecule has 1 aromatic heterocycles. The summed E-state index contributed by atoms with van der Waals surface area (Å²) in [5.41, 5.74) is 1.30. The van der Waals surface area contributed by atoms with Crippen molar-refractivity contribution in [2.24, 2.45) is 0 Å². The maximum Gasteiger partial charge on any atom is 0.409 e. The molecule has 3 rings (SSSR count). The van der Waals surface area contributed by atoms with Crippen molar-refractivity contribution in [3.05, 3.63) is 15.6 Å². The molecule has 0 radical (unpaired) electrons. The summed E-state index contributed by atoms with van der Waals surface area (Å²) in [5.74, 6) is 0. The highest BCUT2D eigenvalue weighted by Crippen LogP contribution is 2.35. The number of aryl methyl sites for hydroxylation is 2. The van der Waals surface area contributed by atoms with E-state index in [0.717, 1.165) is 38.8 Å². The summed E-state index contributed by atoms with van der Waals surface area (Å²) in [6.07, 6.45) is 6.46. The van der Waals surface area contributed by atoms with E-state index in [2.05, 4.69) is 12.2 Å². The van der Waals surface area contributed by atoms with Gasteiger partial charge in [0.2, 0.25) is 0 Å². The van der Waals surface area contributed by atoms with E-state index >= 15 is 0 Å². The number of rotatable bonds is 3. The average molecular weight is 323 g/mol. The molecule has 1 aromatic rings. The van der Waals surface area contributed by atoms with Gasteiger partial charge in [0.1, 0.15) is 0 Å². The van der Waals surface area contributed by atoms with E-state index in [4.69, 9.17) is 9.72 Å². The molecule has 0 bridgehead atoms. The van der Waals surface area contributed by atoms with Crippen LogP contribution in [0.1, 0.15) is 54.2 Å². The van der Waals surface area contributed by atoms with Crippen molar-refractivity contribution in [2.75, 3.05) is 20.2 Å². The third kappa shape index (κ3) is 3.27. The fourth-order valence-corrected chi connectivity index (χ4v) is 4.62. The summed E-state index contributed by atoms with van der Waals surface area (Å²) < 4.78 is 4.85. The first-order valence-corrected chi connectivity index (χ1v) is 9.10. The first kappa shape index (κ1) is 15.7. The lowest BCUT2D eigenvalue weighted by atomic mass is 9.96. The minimum Gasteiger partial charge on any atom is -0.453 e. The zero-order valence-corrected chi connectivity index (χ0v) is 14.2. The van der Waals surface area contributed by atoms with Crippen LogP contribution in [-0.2, 0) is 17.6 Å². The van der Waals surface area contributed by atoms with Crippen LogP contribution in [0.5, 0.6) is 0 Å². The number of hydrogen-bond acceptors (Lipinski definition) is 5. The highest BCUT2D eigenvalue weighted by atomic mass is 32.1. The second-order valence-electron chi connectivity index (χ2n) is 6.14. The van der Waals surface area contributed by atoms with E-state index in [0.29, 0.717) is 12.1 Å². The average Bonchev–Trinajstić information content (AvgIpc) is 2.99. The minimum atomic E-state index is -0.207. The third-order valence-corrected chi connectivity index (χ3v) is 5.94. The van der Waals surface area contributed by atoms with Gasteiger partial charge in [0, 0.05) is 30.1 Å². The zero-order chi connectivity index (χ0) is 15.5. The molecule has 0 aromatic carbocycles. The molecule has 22 heavy (non-hydrogen) atoms. The largest absolute Gasteiger partial charge is 0.453 e. The number of amides is 1. The highest BCUT2D eigenvalue weighted by molar-refractivity contribution is 7.11. The number of thiazole rings is 1. The molecule has 1 fully saturated rings. The Morgan fingerprint density at radius 1 is 1.45 bits per heavy atom. The number of likely N-dealkylation sites (tertiary alicyclic amines) is 1. The van der Waals surface area contributed by atoms with Gasteiger partial charge in [-0.05, 0) is 38.5 Å². The number of methoxy groups -OCH3 is 1. The molecule has 2 aliphatic rings. The lowest BCUT2D eigenvalue weighted by Crippen LogP contribution is -2.49. The Labute approximate surface area is 136 Å². The standard InChI is InChI=1S/C16H25N3O2S/c1-3-14-18-13-8-4-7-12(15(13)22-14)17-11-6-5-9-19(10-11)16(20)21-2/h11-12,17H,3-10H2,1-2H3/t11-,12+/m1/s1. The van der Waals surface area contributed by atoms with Gasteiger partial charge in [-0.1, -0.05) is 6.92 Å². The molecule has 0 saturated carbocycles. The number of hydrogen-bond donors (Lipinski definition) is 1. The van der Waals surface area contributed by atoms with Gasteiger partial charge >= 0.3 is 6.09 Å². The maximum atomic E-state index is 11.7. The molecule has 2 atom stereocenters. The van der Waals surface area contributed by atoms with Crippen LogP contribution in [0.3, 0.4) is 0 Å². The Balaban J connectivity index is 1.66. The Kier molecular flexibility index (Phi) is 4.98. The maximum absolute atomic E-state index is 11.7. The van der Waals surface area contributed by atoms with E-state index in [-0.39, 0.29) is 6.09 Å². The minimum absolute atomic E-state index is 0.207. The molecule has 1 saturated heterocycles. The molecular weight excluding hydrogens is 298 g/mol. The van der Waals surface area contributed by atoms with E-state index in [1.54, 1.807) is 0 Å². The lowest BCUT2D eigenvalue weighted by molar-refractivity contribution is 0.105. The Morgan fingerprint density at radius 2 is 2.32 bits per heavy atom. The second-order valence-corrected chi connectivity index (χ2v) is 7.25. The van der Waals surface area contributed by atoms with Crippen molar-refractivity contribution in [1.29, 1.82) is 0 Å². The van der Waals surface area contributed by atoms with Crippen LogP contribution < -0.4 is 5.32 Å². The van der Waals surface area contributed by atoms with Crippen LogP contribution in [-0.4, -0.2) is 42.2 Å². The molecule has 1 aliphatic carbocycles. The summed E-state index contributed by atoms with van der Waals surface area (Å²) in [5, 5.41) is 5.03. The van der Waals surface area contributed by atoms with Crippen molar-refractivity contribution in [1.82, 2.24) is 15.2 Å². The Bertz CT molecular complexity index is 531. The summed E-state index contributed by atoms with van der Waals surface area (Å²) in [7, 11) is 1.45. The van der Waals surface area contributed by atoms with E-state index in [1.165, 1.54) is 35.5 Å². The first-order chi connectivity index (χ1) is 10.7. The molecule has 6 heteroatoms. The van der Waals surface area contributed by atoms with Crippen LogP contribution in [0.15, 0.2) is 0 Å². The molecule has 1 aliphatic heterocycles. The fraction of sp³-hybridized carbons (Fsp3) is 0.750. The van der Waals surface area contributed by atoms with Crippen molar-refractivity contribution in [3.8, 4) is 0 Å². The summed E-state index contributed by atoms with van der Waals surface area (Å²) in [4.78, 5) is 19.7. The number of carbonyl (C=O) groups is 1. The predicted octanol–water partition coefficient (Wildman–Crippen LogP) is 2.90. The van der Waals surface area contributed by atoms with E-state index in [9.17, 15) is 4.79 Å². The van der Waals surface area contributed by atoms with Crippen molar-refractivity contribution in [2.45, 2.75) is 57.5 Å². The van der Waals surface area contributed by atoms with Crippen LogP contribution in [0.4, 0.5) is 4.79 Å². The number of nitrogens with one attached hydrogen (secondary N) is 1. The van der Waals surface area contributed by atoms with Gasteiger partial charge in [-0.3, -0.25) is 0 Å². The van der Waals surface area contributed by atoms with Gasteiger partial charge in [-0.15, -0.1) is 11.3 Å². The second kappa shape index (κ2) is 6.96. The van der Waals surface area contributed by atoms with Crippen molar-refractivity contribution in [3.63, 3.8) is 0 Å². The summed E-state index contributed by atoms with van der Waals surface area (Å²) in [6, 6.07) is 0.764. The van der Waals surface area contributed by atoms with Crippen molar-refractivity contribution < 1.29 is 9.53 Å². The van der Waals surface area contributed by atoms with Crippen LogP contribution in [0.25, 0.3) is 0 Å². The molecule has 1 amide bonds. The van der Waals surface area contributed by atoms with Gasteiger partial charge in [-0.25, -0.2) is 9.78 Å². The molecule has 2 heterocycles. The SMILES string of the molecule is CCc1nc2c(s1)[C@@H](N[C@@H]1CCCN(C(=O)OC)C1)CCC2. The number of aromatic nitrogens is 1. The topological polar surface area (TPSA) is 54.5 Å². The molecule has 122 valence electrons. The van der Waals surface area contributed by atoms with Crippen LogP contribution in [0.2, 0.25) is 0 Å². The molecular formula is C16H25N3O2S. The number of carbonyl (C=O) groups excluding carboxylic acids is 1. The van der Waals surface area contributed by atoms with Gasteiger partial charge < -0.3 is 15.0 Å². The van der Waals surface area contributed by atoms with Crippen LogP contribution in [0, 0.1) is 0 Å². The van der Waals surface area contributed by atoms with Gasteiger partial charge in [0.15, 0.2) is 0 Å². The molecule has 1 N–H and O–H groups in total. The summed E-state index contributed by atoms with van der Waals surface area (Å²) in [6.45, 7) is 3.72. The van der Waals surface area contributed by atoms with Gasteiger partial charge in [-0.2, -0.15) is 0 Å². The third-order valence-electron chi connectivity index (χ3n) is 4.59. The van der Waals surface area contributed by atoms with Gasteiger partial charge in [0.25, 0.3) is 0 Å². The summed E-state index contributed by atoms with van der Waals surface area (Å²) >= 11 is 1.86. The van der Waals surface area contributed by atoms with Crippen LogP contribution >= 0.6 is 11.3 Å². The first-order valence-electron chi connectivity index (χ1n) is 8.28. The number of piperidine rings is 1. The molecule has 0 spiro atoms. The predicted molar refractivity (Wildman–Crippen MR) is 87.3 cm³/mol. The molecule has 5 nitrogen and oxygen atoms in total. The monoisotopic (exact) mass is 323 g/mol. The van der Waals surface area contributed by atoms with E-state index in [1.807, 2.05) is 16.2 Å². The Hall–Kier alpha value is -1.14. The number of ether oxygens (including phenoxy) is 1. The smallest absolute Gasteiger partial charge is 0.409 e. The molecule has 0 unspecified atom stereocenters.